The van der Waals surface area contributed by atoms with E-state index in [4.69, 9.17) is 0 Å². The maximum absolute atomic E-state index is 12.9. The van der Waals surface area contributed by atoms with E-state index in [-0.39, 0.29) is 13.0 Å². The van der Waals surface area contributed by atoms with Crippen LogP contribution < -0.4 is 0 Å². The van der Waals surface area contributed by atoms with Crippen LogP contribution in [0.2, 0.25) is 5.31 Å². The summed E-state index contributed by atoms with van der Waals surface area (Å²) in [6.45, 7) is -6.37. The van der Waals surface area contributed by atoms with Crippen molar-refractivity contribution in [3.63, 3.8) is 0 Å². The minimum atomic E-state index is -5.52. The maximum atomic E-state index is 12.9. The quantitative estimate of drug-likeness (QED) is 0.466. The summed E-state index contributed by atoms with van der Waals surface area (Å²) in [6.07, 6.45) is -0.186. The number of rotatable bonds is 1. The highest BCUT2D eigenvalue weighted by molar-refractivity contribution is 6.64. The van der Waals surface area contributed by atoms with Crippen LogP contribution in [0.25, 0.3) is 0 Å². The summed E-state index contributed by atoms with van der Waals surface area (Å²) in [5, 5.41) is -2.81. The third kappa shape index (κ3) is 0.859. The molecule has 0 aromatic heterocycles. The lowest BCUT2D eigenvalue weighted by Crippen LogP contribution is -2.36. The van der Waals surface area contributed by atoms with Crippen molar-refractivity contribution in [2.24, 2.45) is 5.92 Å². The highest BCUT2D eigenvalue weighted by Crippen LogP contribution is 2.79. The second-order valence-electron chi connectivity index (χ2n) is 3.63. The molecular weight excluding hydrogens is 194 g/mol. The standard InChI is InChI=1S/C6H7BF5O/c8-6(9)4-1-2-13-3-5(4,6)7(10,11)12/h4H,1-3H2/q-1. The average Bonchev–Trinajstić information content (AvgIpc) is 2.51. The van der Waals surface area contributed by atoms with Gasteiger partial charge < -0.3 is 17.7 Å². The van der Waals surface area contributed by atoms with Gasteiger partial charge in [-0.15, -0.1) is 0 Å². The topological polar surface area (TPSA) is 9.23 Å². The van der Waals surface area contributed by atoms with Crippen LogP contribution in [0.1, 0.15) is 6.42 Å². The van der Waals surface area contributed by atoms with Crippen molar-refractivity contribution in [3.05, 3.63) is 0 Å². The summed E-state index contributed by atoms with van der Waals surface area (Å²) in [6, 6.07) is 0. The molecule has 2 fully saturated rings. The molecule has 1 aliphatic carbocycles. The Bertz CT molecular complexity index is 240. The maximum Gasteiger partial charge on any atom is 0.493 e. The summed E-state index contributed by atoms with van der Waals surface area (Å²) < 4.78 is 67.3. The Morgan fingerprint density at radius 2 is 1.85 bits per heavy atom. The van der Waals surface area contributed by atoms with E-state index in [2.05, 4.69) is 4.74 Å². The average molecular weight is 201 g/mol. The molecule has 2 atom stereocenters. The monoisotopic (exact) mass is 201 g/mol. The van der Waals surface area contributed by atoms with Gasteiger partial charge in [0.15, 0.2) is 0 Å². The summed E-state index contributed by atoms with van der Waals surface area (Å²) in [4.78, 5) is 0. The third-order valence-corrected chi connectivity index (χ3v) is 3.07. The van der Waals surface area contributed by atoms with Crippen molar-refractivity contribution >= 4 is 6.98 Å². The van der Waals surface area contributed by atoms with Crippen LogP contribution in [-0.4, -0.2) is 26.1 Å². The molecule has 2 unspecified atom stereocenters. The van der Waals surface area contributed by atoms with Gasteiger partial charge in [-0.05, 0) is 6.42 Å². The Labute approximate surface area is 71.3 Å². The normalized spacial score (nSPS) is 42.7. The van der Waals surface area contributed by atoms with Gasteiger partial charge >= 0.3 is 6.98 Å². The van der Waals surface area contributed by atoms with Crippen molar-refractivity contribution in [3.8, 4) is 0 Å². The summed E-state index contributed by atoms with van der Waals surface area (Å²) in [5.41, 5.74) is 0. The van der Waals surface area contributed by atoms with Gasteiger partial charge in [-0.2, -0.15) is 0 Å². The Hall–Kier alpha value is -0.325. The molecule has 7 heteroatoms. The molecule has 2 aliphatic rings. The van der Waals surface area contributed by atoms with E-state index >= 15 is 0 Å². The molecule has 0 radical (unpaired) electrons. The molecule has 0 aromatic rings. The first-order valence-electron chi connectivity index (χ1n) is 3.99. The van der Waals surface area contributed by atoms with Crippen molar-refractivity contribution in [1.82, 2.24) is 0 Å². The second kappa shape index (κ2) is 2.19. The minimum absolute atomic E-state index is 0.00810. The molecule has 1 saturated carbocycles. The molecule has 1 saturated heterocycles. The third-order valence-electron chi connectivity index (χ3n) is 3.07. The van der Waals surface area contributed by atoms with Crippen LogP contribution in [0.5, 0.6) is 0 Å². The minimum Gasteiger partial charge on any atom is -0.448 e. The fourth-order valence-electron chi connectivity index (χ4n) is 2.17. The van der Waals surface area contributed by atoms with E-state index in [0.717, 1.165) is 0 Å². The first kappa shape index (κ1) is 9.24. The number of alkyl halides is 2. The first-order chi connectivity index (χ1) is 5.84. The zero-order chi connectivity index (χ0) is 9.91. The number of halogens is 5. The number of fused-ring (bicyclic) bond motifs is 1. The molecule has 1 nitrogen and oxygen atoms in total. The van der Waals surface area contributed by atoms with Crippen molar-refractivity contribution in [2.45, 2.75) is 17.7 Å². The van der Waals surface area contributed by atoms with Gasteiger partial charge in [0.1, 0.15) is 0 Å². The molecule has 0 spiro atoms. The lowest BCUT2D eigenvalue weighted by Gasteiger charge is -2.29. The summed E-state index contributed by atoms with van der Waals surface area (Å²) >= 11 is 0. The molecule has 0 bridgehead atoms. The Kier molecular flexibility index (Phi) is 1.55. The predicted octanol–water partition coefficient (Wildman–Crippen LogP) is 2.26. The largest absolute Gasteiger partial charge is 0.493 e. The van der Waals surface area contributed by atoms with Crippen LogP contribution in [-0.2, 0) is 4.74 Å². The van der Waals surface area contributed by atoms with Gasteiger partial charge in [-0.25, -0.2) is 8.78 Å². The first-order valence-corrected chi connectivity index (χ1v) is 3.99. The van der Waals surface area contributed by atoms with Crippen LogP contribution >= 0.6 is 0 Å². The highest BCUT2D eigenvalue weighted by Gasteiger charge is 2.86. The van der Waals surface area contributed by atoms with Gasteiger partial charge in [0.25, 0.3) is 0 Å². The van der Waals surface area contributed by atoms with Gasteiger partial charge in [-0.1, -0.05) is 0 Å². The molecular formula is C6H7BF5O-. The summed E-state index contributed by atoms with van der Waals surface area (Å²) in [7, 11) is 0. The molecule has 1 aliphatic heterocycles. The zero-order valence-electron chi connectivity index (χ0n) is 6.57. The van der Waals surface area contributed by atoms with Gasteiger partial charge in [0, 0.05) is 24.4 Å². The van der Waals surface area contributed by atoms with Crippen LogP contribution in [0.15, 0.2) is 0 Å². The van der Waals surface area contributed by atoms with Crippen molar-refractivity contribution in [2.75, 3.05) is 13.2 Å². The lowest BCUT2D eigenvalue weighted by atomic mass is 9.66. The zero-order valence-corrected chi connectivity index (χ0v) is 6.57. The van der Waals surface area contributed by atoms with Crippen LogP contribution in [0, 0.1) is 5.92 Å². The molecule has 0 amide bonds. The van der Waals surface area contributed by atoms with E-state index in [0.29, 0.717) is 0 Å². The Morgan fingerprint density at radius 3 is 2.23 bits per heavy atom. The highest BCUT2D eigenvalue weighted by atomic mass is 19.4. The van der Waals surface area contributed by atoms with E-state index in [9.17, 15) is 21.7 Å². The van der Waals surface area contributed by atoms with Gasteiger partial charge in [-0.3, -0.25) is 0 Å². The Balaban J connectivity index is 2.32. The molecule has 0 aromatic carbocycles. The predicted molar refractivity (Wildman–Crippen MR) is 35.6 cm³/mol. The fourth-order valence-corrected chi connectivity index (χ4v) is 2.17. The SMILES string of the molecule is F[B-](F)(F)C12COCCC1C2(F)F. The van der Waals surface area contributed by atoms with Crippen molar-refractivity contribution in [1.29, 1.82) is 0 Å². The number of ether oxygens (including phenoxy) is 1. The van der Waals surface area contributed by atoms with E-state index < -0.39 is 30.7 Å². The molecule has 76 valence electrons. The van der Waals surface area contributed by atoms with Crippen LogP contribution in [0.3, 0.4) is 0 Å². The fraction of sp³-hybridized carbons (Fsp3) is 1.00. The molecule has 0 N–H and O–H groups in total. The van der Waals surface area contributed by atoms with Gasteiger partial charge in [0.05, 0.1) is 0 Å². The van der Waals surface area contributed by atoms with Crippen LogP contribution in [0.4, 0.5) is 21.7 Å². The second-order valence-corrected chi connectivity index (χ2v) is 3.63. The Morgan fingerprint density at radius 1 is 1.23 bits per heavy atom. The molecule has 1 heterocycles. The molecule has 13 heavy (non-hydrogen) atoms. The van der Waals surface area contributed by atoms with Gasteiger partial charge in [0.2, 0.25) is 5.92 Å². The summed E-state index contributed by atoms with van der Waals surface area (Å²) in [5.74, 6) is -5.13. The molecule has 2 rings (SSSR count). The number of hydrogen-bond acceptors (Lipinski definition) is 1. The number of hydrogen-bond donors (Lipinski definition) is 0. The van der Waals surface area contributed by atoms with E-state index in [1.807, 2.05) is 0 Å². The lowest BCUT2D eigenvalue weighted by molar-refractivity contribution is 0.0577. The van der Waals surface area contributed by atoms with E-state index in [1.165, 1.54) is 0 Å². The van der Waals surface area contributed by atoms with E-state index in [1.54, 1.807) is 0 Å². The van der Waals surface area contributed by atoms with Crippen molar-refractivity contribution < 1.29 is 26.5 Å². The smallest absolute Gasteiger partial charge is 0.448 e.